The summed E-state index contributed by atoms with van der Waals surface area (Å²) in [4.78, 5) is 4.89. The molecule has 0 bridgehead atoms. The van der Waals surface area contributed by atoms with Crippen LogP contribution in [-0.2, 0) is 0 Å². The van der Waals surface area contributed by atoms with Crippen LogP contribution in [0.25, 0.3) is 22.0 Å². The number of nitrogens with zero attached hydrogens (tertiary/aromatic N) is 1. The number of aromatic nitrogens is 1. The summed E-state index contributed by atoms with van der Waals surface area (Å²) in [5, 5.41) is 1.85. The minimum Gasteiger partial charge on any atom is -0.252 e. The Morgan fingerprint density at radius 2 is 1.75 bits per heavy atom. The van der Waals surface area contributed by atoms with Gasteiger partial charge in [-0.25, -0.2) is 0 Å². The number of halogens is 1. The Balaban J connectivity index is 2.01. The monoisotopic (exact) mass is 279 g/mol. The molecule has 0 unspecified atom stereocenters. The van der Waals surface area contributed by atoms with Crippen molar-refractivity contribution in [2.24, 2.45) is 0 Å². The van der Waals surface area contributed by atoms with E-state index in [-0.39, 0.29) is 0 Å². The fourth-order valence-electron chi connectivity index (χ4n) is 2.66. The van der Waals surface area contributed by atoms with Gasteiger partial charge < -0.3 is 0 Å². The Kier molecular flexibility index (Phi) is 2.75. The van der Waals surface area contributed by atoms with Crippen LogP contribution in [0.1, 0.15) is 24.5 Å². The van der Waals surface area contributed by atoms with E-state index >= 15 is 0 Å². The molecular weight excluding hydrogens is 266 g/mol. The lowest BCUT2D eigenvalue weighted by Gasteiger charge is -2.09. The minimum absolute atomic E-state index is 0.612. The fraction of sp³-hybridized carbons (Fsp3) is 0.167. The maximum absolute atomic E-state index is 6.45. The molecule has 1 aliphatic rings. The van der Waals surface area contributed by atoms with E-state index in [2.05, 4.69) is 36.4 Å². The van der Waals surface area contributed by atoms with Gasteiger partial charge in [0, 0.05) is 22.6 Å². The summed E-state index contributed by atoms with van der Waals surface area (Å²) in [7, 11) is 0. The van der Waals surface area contributed by atoms with E-state index in [9.17, 15) is 0 Å². The minimum atomic E-state index is 0.612. The van der Waals surface area contributed by atoms with Gasteiger partial charge in [0.25, 0.3) is 0 Å². The summed E-state index contributed by atoms with van der Waals surface area (Å²) < 4.78 is 0. The van der Waals surface area contributed by atoms with E-state index in [0.29, 0.717) is 5.92 Å². The first-order chi connectivity index (χ1) is 9.83. The molecule has 1 nitrogen and oxygen atoms in total. The lowest BCUT2D eigenvalue weighted by atomic mass is 10.0. The maximum atomic E-state index is 6.45. The molecule has 0 aliphatic heterocycles. The molecule has 1 saturated carbocycles. The third-order valence-electron chi connectivity index (χ3n) is 3.89. The molecule has 1 aliphatic carbocycles. The summed E-state index contributed by atoms with van der Waals surface area (Å²) in [5.74, 6) is 0.612. The average molecular weight is 280 g/mol. The molecule has 20 heavy (non-hydrogen) atoms. The van der Waals surface area contributed by atoms with Crippen molar-refractivity contribution < 1.29 is 0 Å². The summed E-state index contributed by atoms with van der Waals surface area (Å²) in [6, 6.07) is 18.6. The number of rotatable bonds is 2. The molecule has 98 valence electrons. The summed E-state index contributed by atoms with van der Waals surface area (Å²) in [5.41, 5.74) is 4.51. The molecule has 2 heteroatoms. The first-order valence-corrected chi connectivity index (χ1v) is 7.35. The Morgan fingerprint density at radius 3 is 2.50 bits per heavy atom. The molecule has 0 saturated heterocycles. The van der Waals surface area contributed by atoms with Crippen LogP contribution in [0.4, 0.5) is 0 Å². The molecule has 3 aromatic rings. The van der Waals surface area contributed by atoms with E-state index in [1.54, 1.807) is 0 Å². The van der Waals surface area contributed by atoms with Crippen molar-refractivity contribution in [3.8, 4) is 11.1 Å². The smallest absolute Gasteiger partial charge is 0.0798 e. The van der Waals surface area contributed by atoms with Gasteiger partial charge in [-0.1, -0.05) is 60.1 Å². The number of para-hydroxylation sites is 1. The zero-order chi connectivity index (χ0) is 13.5. The predicted molar refractivity (Wildman–Crippen MR) is 84.2 cm³/mol. The van der Waals surface area contributed by atoms with E-state index < -0.39 is 0 Å². The topological polar surface area (TPSA) is 12.9 Å². The Labute approximate surface area is 123 Å². The van der Waals surface area contributed by atoms with Crippen LogP contribution in [0, 0.1) is 0 Å². The molecule has 0 radical (unpaired) electrons. The molecule has 1 fully saturated rings. The van der Waals surface area contributed by atoms with Crippen LogP contribution in [0.2, 0.25) is 5.02 Å². The Morgan fingerprint density at radius 1 is 0.950 bits per heavy atom. The normalized spacial score (nSPS) is 14.7. The van der Waals surface area contributed by atoms with Gasteiger partial charge in [-0.05, 0) is 24.5 Å². The first kappa shape index (κ1) is 11.9. The van der Waals surface area contributed by atoms with E-state index in [1.165, 1.54) is 18.4 Å². The molecule has 2 aromatic carbocycles. The van der Waals surface area contributed by atoms with Gasteiger partial charge in [0.1, 0.15) is 0 Å². The van der Waals surface area contributed by atoms with Gasteiger partial charge in [0.15, 0.2) is 0 Å². The van der Waals surface area contributed by atoms with Crippen molar-refractivity contribution in [1.29, 1.82) is 0 Å². The summed E-state index contributed by atoms with van der Waals surface area (Å²) in [6.45, 7) is 0. The average Bonchev–Trinajstić information content (AvgIpc) is 3.32. The van der Waals surface area contributed by atoms with E-state index in [0.717, 1.165) is 27.2 Å². The number of hydrogen-bond acceptors (Lipinski definition) is 1. The van der Waals surface area contributed by atoms with E-state index in [1.807, 2.05) is 18.2 Å². The number of pyridine rings is 1. The highest BCUT2D eigenvalue weighted by Crippen LogP contribution is 2.42. The predicted octanol–water partition coefficient (Wildman–Crippen LogP) is 5.43. The summed E-state index contributed by atoms with van der Waals surface area (Å²) >= 11 is 6.45. The number of fused-ring (bicyclic) bond motifs is 1. The second kappa shape index (κ2) is 4.60. The quantitative estimate of drug-likeness (QED) is 0.609. The third kappa shape index (κ3) is 1.99. The summed E-state index contributed by atoms with van der Waals surface area (Å²) in [6.07, 6.45) is 2.48. The highest BCUT2D eigenvalue weighted by Gasteiger charge is 2.26. The second-order valence-electron chi connectivity index (χ2n) is 5.37. The molecule has 0 N–H and O–H groups in total. The van der Waals surface area contributed by atoms with Gasteiger partial charge in [0.2, 0.25) is 0 Å². The van der Waals surface area contributed by atoms with Crippen molar-refractivity contribution >= 4 is 22.5 Å². The second-order valence-corrected chi connectivity index (χ2v) is 5.78. The molecule has 0 spiro atoms. The van der Waals surface area contributed by atoms with Crippen molar-refractivity contribution in [3.63, 3.8) is 0 Å². The van der Waals surface area contributed by atoms with Gasteiger partial charge in [-0.2, -0.15) is 0 Å². The van der Waals surface area contributed by atoms with Crippen molar-refractivity contribution in [2.75, 3.05) is 0 Å². The molecule has 1 heterocycles. The molecule has 1 aromatic heterocycles. The first-order valence-electron chi connectivity index (χ1n) is 6.97. The number of hydrogen-bond donors (Lipinski definition) is 0. The largest absolute Gasteiger partial charge is 0.252 e. The molecule has 0 atom stereocenters. The standard InChI is InChI=1S/C18H14ClN/c19-16-11-17(13-9-10-13)20-18-14(7-4-8-15(16)18)12-5-2-1-3-6-12/h1-8,11,13H,9-10H2. The molecule has 0 amide bonds. The van der Waals surface area contributed by atoms with Gasteiger partial charge in [-0.3, -0.25) is 4.98 Å². The van der Waals surface area contributed by atoms with Crippen molar-refractivity contribution in [3.05, 3.63) is 65.3 Å². The third-order valence-corrected chi connectivity index (χ3v) is 4.20. The SMILES string of the molecule is Clc1cc(C2CC2)nc2c(-c3ccccc3)cccc12. The Bertz CT molecular complexity index is 776. The lowest BCUT2D eigenvalue weighted by molar-refractivity contribution is 1.04. The zero-order valence-corrected chi connectivity index (χ0v) is 11.8. The maximum Gasteiger partial charge on any atom is 0.0798 e. The van der Waals surface area contributed by atoms with Gasteiger partial charge >= 0.3 is 0 Å². The number of benzene rings is 2. The molecule has 4 rings (SSSR count). The van der Waals surface area contributed by atoms with Crippen LogP contribution in [-0.4, -0.2) is 4.98 Å². The van der Waals surface area contributed by atoms with Crippen LogP contribution >= 0.6 is 11.6 Å². The molecular formula is C18H14ClN. The van der Waals surface area contributed by atoms with Crippen LogP contribution < -0.4 is 0 Å². The fourth-order valence-corrected chi connectivity index (χ4v) is 2.93. The highest BCUT2D eigenvalue weighted by molar-refractivity contribution is 6.35. The Hall–Kier alpha value is -1.86. The van der Waals surface area contributed by atoms with Crippen molar-refractivity contribution in [1.82, 2.24) is 4.98 Å². The highest BCUT2D eigenvalue weighted by atomic mass is 35.5. The van der Waals surface area contributed by atoms with Crippen LogP contribution in [0.5, 0.6) is 0 Å². The zero-order valence-electron chi connectivity index (χ0n) is 11.0. The van der Waals surface area contributed by atoms with Crippen LogP contribution in [0.3, 0.4) is 0 Å². The lowest BCUT2D eigenvalue weighted by Crippen LogP contribution is -1.91. The van der Waals surface area contributed by atoms with Gasteiger partial charge in [0.05, 0.1) is 10.5 Å². The van der Waals surface area contributed by atoms with Gasteiger partial charge in [-0.15, -0.1) is 0 Å². The van der Waals surface area contributed by atoms with Crippen LogP contribution in [0.15, 0.2) is 54.6 Å². The van der Waals surface area contributed by atoms with E-state index in [4.69, 9.17) is 16.6 Å². The van der Waals surface area contributed by atoms with Crippen molar-refractivity contribution in [2.45, 2.75) is 18.8 Å².